The Bertz CT molecular complexity index is 781. The van der Waals surface area contributed by atoms with Gasteiger partial charge in [0.2, 0.25) is 5.28 Å². The Labute approximate surface area is 155 Å². The smallest absolute Gasteiger partial charge is 0.226 e. The van der Waals surface area contributed by atoms with Gasteiger partial charge in [0.05, 0.1) is 12.9 Å². The summed E-state index contributed by atoms with van der Waals surface area (Å²) in [5.41, 5.74) is 1.00. The Hall–Kier alpha value is -1.52. The van der Waals surface area contributed by atoms with Crippen molar-refractivity contribution in [1.29, 1.82) is 0 Å². The van der Waals surface area contributed by atoms with Crippen molar-refractivity contribution < 1.29 is 19.7 Å². The first-order chi connectivity index (χ1) is 12.6. The molecule has 2 aliphatic rings. The fourth-order valence-electron chi connectivity index (χ4n) is 3.70. The Balaban J connectivity index is 1.67. The monoisotopic (exact) mass is 383 g/mol. The van der Waals surface area contributed by atoms with Crippen LogP contribution in [0.25, 0.3) is 11.2 Å². The second-order valence-corrected chi connectivity index (χ2v) is 7.13. The number of hydrogen-bond donors (Lipinski definition) is 3. The molecule has 0 aromatic carbocycles. The van der Waals surface area contributed by atoms with Crippen LogP contribution in [-0.2, 0) is 9.47 Å². The molecule has 3 N–H and O–H groups in total. The topological polar surface area (TPSA) is 115 Å². The normalized spacial score (nSPS) is 29.7. The highest BCUT2D eigenvalue weighted by atomic mass is 35.5. The van der Waals surface area contributed by atoms with Crippen LogP contribution in [0.2, 0.25) is 5.28 Å². The third-order valence-electron chi connectivity index (χ3n) is 5.03. The molecule has 3 heterocycles. The predicted octanol–water partition coefficient (Wildman–Crippen LogP) is 1.10. The molecule has 10 heteroatoms. The molecule has 1 aliphatic heterocycles. The number of aliphatic hydroxyl groups is 2. The maximum absolute atomic E-state index is 10.4. The van der Waals surface area contributed by atoms with Crippen LogP contribution in [0.5, 0.6) is 0 Å². The highest BCUT2D eigenvalue weighted by molar-refractivity contribution is 6.28. The van der Waals surface area contributed by atoms with E-state index in [0.717, 1.165) is 12.8 Å². The summed E-state index contributed by atoms with van der Waals surface area (Å²) >= 11 is 6.11. The van der Waals surface area contributed by atoms with E-state index in [4.69, 9.17) is 21.1 Å². The number of nitrogens with zero attached hydrogens (tertiary/aromatic N) is 4. The van der Waals surface area contributed by atoms with Crippen molar-refractivity contribution in [2.24, 2.45) is 0 Å². The van der Waals surface area contributed by atoms with Crippen LogP contribution in [-0.4, -0.2) is 67.8 Å². The van der Waals surface area contributed by atoms with Crippen LogP contribution in [0.4, 0.5) is 5.82 Å². The van der Waals surface area contributed by atoms with Crippen LogP contribution in [0.3, 0.4) is 0 Å². The number of anilines is 1. The second kappa shape index (κ2) is 7.24. The van der Waals surface area contributed by atoms with Gasteiger partial charge < -0.3 is 25.0 Å². The van der Waals surface area contributed by atoms with Crippen molar-refractivity contribution in [2.75, 3.05) is 19.0 Å². The summed E-state index contributed by atoms with van der Waals surface area (Å²) in [7, 11) is 1.51. The molecule has 26 heavy (non-hydrogen) atoms. The summed E-state index contributed by atoms with van der Waals surface area (Å²) in [4.78, 5) is 12.9. The molecule has 1 aliphatic carbocycles. The summed E-state index contributed by atoms with van der Waals surface area (Å²) in [6, 6.07) is 0.343. The molecule has 1 saturated carbocycles. The maximum atomic E-state index is 10.4. The lowest BCUT2D eigenvalue weighted by molar-refractivity contribution is -0.0580. The number of methoxy groups -OCH3 is 1. The van der Waals surface area contributed by atoms with Crippen LogP contribution in [0, 0.1) is 0 Å². The average molecular weight is 384 g/mol. The van der Waals surface area contributed by atoms with Gasteiger partial charge in [0.25, 0.3) is 0 Å². The molecule has 2 unspecified atom stereocenters. The van der Waals surface area contributed by atoms with Crippen LogP contribution >= 0.6 is 11.6 Å². The van der Waals surface area contributed by atoms with Gasteiger partial charge >= 0.3 is 0 Å². The van der Waals surface area contributed by atoms with E-state index < -0.39 is 24.5 Å². The van der Waals surface area contributed by atoms with Gasteiger partial charge in [-0.25, -0.2) is 4.98 Å². The first-order valence-corrected chi connectivity index (χ1v) is 9.13. The summed E-state index contributed by atoms with van der Waals surface area (Å²) in [5.74, 6) is 0.576. The molecule has 1 saturated heterocycles. The quantitative estimate of drug-likeness (QED) is 0.657. The molecule has 4 rings (SSSR count). The zero-order valence-electron chi connectivity index (χ0n) is 14.4. The number of nitrogens with one attached hydrogen (secondary N) is 1. The first kappa shape index (κ1) is 17.9. The molecule has 0 amide bonds. The number of aliphatic hydroxyl groups excluding tert-OH is 2. The van der Waals surface area contributed by atoms with Gasteiger partial charge in [-0.15, -0.1) is 0 Å². The lowest BCUT2D eigenvalue weighted by Gasteiger charge is -2.17. The molecule has 2 aromatic rings. The fourth-order valence-corrected chi connectivity index (χ4v) is 3.87. The van der Waals surface area contributed by atoms with Crippen molar-refractivity contribution >= 4 is 28.6 Å². The van der Waals surface area contributed by atoms with Gasteiger partial charge in [-0.05, 0) is 24.4 Å². The minimum atomic E-state index is -1.13. The van der Waals surface area contributed by atoms with Crippen LogP contribution < -0.4 is 5.32 Å². The number of aromatic nitrogens is 4. The third-order valence-corrected chi connectivity index (χ3v) is 5.20. The second-order valence-electron chi connectivity index (χ2n) is 6.79. The van der Waals surface area contributed by atoms with Crippen molar-refractivity contribution in [2.45, 2.75) is 56.3 Å². The van der Waals surface area contributed by atoms with E-state index in [1.807, 2.05) is 0 Å². The first-order valence-electron chi connectivity index (χ1n) is 8.75. The lowest BCUT2D eigenvalue weighted by atomic mass is 10.1. The van der Waals surface area contributed by atoms with Gasteiger partial charge in [-0.1, -0.05) is 12.8 Å². The Morgan fingerprint density at radius 1 is 1.31 bits per heavy atom. The number of ether oxygens (including phenoxy) is 2. The Kier molecular flexibility index (Phi) is 4.98. The van der Waals surface area contributed by atoms with Crippen molar-refractivity contribution in [3.63, 3.8) is 0 Å². The molecule has 2 aromatic heterocycles. The standard InChI is InChI=1S/C16H22ClN5O4/c1-25-6-9-11(23)12(24)15(26-9)22-7-18-10-13(19-8-4-2-3-5-8)20-16(17)21-14(10)22/h7-9,11-12,15,23-24H,2-6H2,1H3,(H,19,20,21)/t9-,11?,12?,15-/m1/s1. The molecular weight excluding hydrogens is 362 g/mol. The molecular formula is C16H22ClN5O4. The van der Waals surface area contributed by atoms with Gasteiger partial charge in [0, 0.05) is 13.2 Å². The highest BCUT2D eigenvalue weighted by Crippen LogP contribution is 2.33. The Morgan fingerprint density at radius 2 is 2.08 bits per heavy atom. The van der Waals surface area contributed by atoms with E-state index in [0.29, 0.717) is 23.0 Å². The van der Waals surface area contributed by atoms with Gasteiger partial charge in [-0.2, -0.15) is 9.97 Å². The van der Waals surface area contributed by atoms with E-state index in [-0.39, 0.29) is 11.9 Å². The zero-order valence-corrected chi connectivity index (χ0v) is 15.1. The van der Waals surface area contributed by atoms with E-state index in [1.165, 1.54) is 26.3 Å². The minimum Gasteiger partial charge on any atom is -0.387 e. The molecule has 9 nitrogen and oxygen atoms in total. The average Bonchev–Trinajstić information content (AvgIpc) is 3.32. The molecule has 142 valence electrons. The minimum absolute atomic E-state index is 0.0845. The van der Waals surface area contributed by atoms with E-state index in [9.17, 15) is 10.2 Å². The summed E-state index contributed by atoms with van der Waals surface area (Å²) in [6.07, 6.45) is 2.40. The maximum Gasteiger partial charge on any atom is 0.226 e. The van der Waals surface area contributed by atoms with E-state index in [2.05, 4.69) is 20.3 Å². The van der Waals surface area contributed by atoms with Crippen molar-refractivity contribution in [1.82, 2.24) is 19.5 Å². The van der Waals surface area contributed by atoms with Crippen LogP contribution in [0.1, 0.15) is 31.9 Å². The lowest BCUT2D eigenvalue weighted by Crippen LogP contribution is -2.33. The molecule has 0 bridgehead atoms. The molecule has 0 radical (unpaired) electrons. The number of halogens is 1. The van der Waals surface area contributed by atoms with Gasteiger partial charge in [-0.3, -0.25) is 4.57 Å². The van der Waals surface area contributed by atoms with Gasteiger partial charge in [0.1, 0.15) is 18.3 Å². The molecule has 0 spiro atoms. The largest absolute Gasteiger partial charge is 0.387 e. The summed E-state index contributed by atoms with van der Waals surface area (Å²) < 4.78 is 12.4. The number of hydrogen-bond acceptors (Lipinski definition) is 8. The van der Waals surface area contributed by atoms with Crippen molar-refractivity contribution in [3.05, 3.63) is 11.6 Å². The molecule has 4 atom stereocenters. The van der Waals surface area contributed by atoms with Crippen LogP contribution in [0.15, 0.2) is 6.33 Å². The van der Waals surface area contributed by atoms with E-state index >= 15 is 0 Å². The summed E-state index contributed by atoms with van der Waals surface area (Å²) in [5, 5.41) is 24.0. The zero-order chi connectivity index (χ0) is 18.3. The van der Waals surface area contributed by atoms with Crippen molar-refractivity contribution in [3.8, 4) is 0 Å². The predicted molar refractivity (Wildman–Crippen MR) is 94.0 cm³/mol. The molecule has 2 fully saturated rings. The van der Waals surface area contributed by atoms with E-state index in [1.54, 1.807) is 4.57 Å². The highest BCUT2D eigenvalue weighted by Gasteiger charge is 2.44. The van der Waals surface area contributed by atoms with Gasteiger partial charge in [0.15, 0.2) is 23.2 Å². The number of fused-ring (bicyclic) bond motifs is 1. The third kappa shape index (κ3) is 3.14. The summed E-state index contributed by atoms with van der Waals surface area (Å²) in [6.45, 7) is 0.172. The number of rotatable bonds is 5. The Morgan fingerprint density at radius 3 is 2.81 bits per heavy atom. The SMILES string of the molecule is COC[C@H]1O[C@@H](n2cnc3c(NC4CCCC4)nc(Cl)nc32)C(O)C1O. The number of imidazole rings is 1. The fraction of sp³-hybridized carbons (Fsp3) is 0.688.